The highest BCUT2D eigenvalue weighted by Gasteiger charge is 2.34. The lowest BCUT2D eigenvalue weighted by Gasteiger charge is -2.34. The third-order valence-corrected chi connectivity index (χ3v) is 7.89. The van der Waals surface area contributed by atoms with Crippen molar-refractivity contribution in [3.05, 3.63) is 15.9 Å². The Bertz CT molecular complexity index is 647. The van der Waals surface area contributed by atoms with Crippen LogP contribution in [0.15, 0.2) is 20.1 Å². The molecule has 0 saturated carbocycles. The van der Waals surface area contributed by atoms with Gasteiger partial charge < -0.3 is 9.64 Å². The van der Waals surface area contributed by atoms with Crippen molar-refractivity contribution in [3.8, 4) is 0 Å². The Kier molecular flexibility index (Phi) is 4.89. The van der Waals surface area contributed by atoms with Crippen molar-refractivity contribution in [1.82, 2.24) is 9.21 Å². The summed E-state index contributed by atoms with van der Waals surface area (Å²) in [5.41, 5.74) is 0. The summed E-state index contributed by atoms with van der Waals surface area (Å²) in [4.78, 5) is 14.0. The zero-order chi connectivity index (χ0) is 15.7. The molecule has 0 aliphatic carbocycles. The summed E-state index contributed by atoms with van der Waals surface area (Å²) in [6, 6.07) is 3.34. The fourth-order valence-corrected chi connectivity index (χ4v) is 6.27. The van der Waals surface area contributed by atoms with Gasteiger partial charge in [0.2, 0.25) is 0 Å². The Labute approximate surface area is 142 Å². The number of sulfonamides is 1. The highest BCUT2D eigenvalue weighted by Crippen LogP contribution is 2.29. The number of ether oxygens (including phenoxy) is 1. The molecule has 9 heteroatoms. The van der Waals surface area contributed by atoms with Crippen LogP contribution in [0.25, 0.3) is 0 Å². The second-order valence-corrected chi connectivity index (χ2v) is 9.92. The molecule has 0 radical (unpaired) electrons. The van der Waals surface area contributed by atoms with Crippen LogP contribution < -0.4 is 0 Å². The summed E-state index contributed by atoms with van der Waals surface area (Å²) in [7, 11) is -3.46. The highest BCUT2D eigenvalue weighted by atomic mass is 79.9. The Hall–Kier alpha value is -0.480. The molecule has 0 bridgehead atoms. The van der Waals surface area contributed by atoms with E-state index >= 15 is 0 Å². The molecule has 2 saturated heterocycles. The van der Waals surface area contributed by atoms with Crippen molar-refractivity contribution < 1.29 is 17.9 Å². The monoisotopic (exact) mass is 408 g/mol. The van der Waals surface area contributed by atoms with Crippen LogP contribution in [0.5, 0.6) is 0 Å². The summed E-state index contributed by atoms with van der Waals surface area (Å²) in [6.07, 6.45) is 1.34. The van der Waals surface area contributed by atoms with E-state index in [0.29, 0.717) is 37.0 Å². The molecule has 1 amide bonds. The van der Waals surface area contributed by atoms with Crippen molar-refractivity contribution in [1.29, 1.82) is 0 Å². The Morgan fingerprint density at radius 3 is 2.55 bits per heavy atom. The third kappa shape index (κ3) is 3.23. The summed E-state index contributed by atoms with van der Waals surface area (Å²) >= 11 is 4.49. The molecule has 1 unspecified atom stereocenters. The maximum atomic E-state index is 12.5. The molecule has 0 N–H and O–H groups in total. The number of halogens is 1. The zero-order valence-electron chi connectivity index (χ0n) is 11.9. The van der Waals surface area contributed by atoms with Gasteiger partial charge in [-0.05, 0) is 40.9 Å². The summed E-state index contributed by atoms with van der Waals surface area (Å²) in [5.74, 6) is -0.00610. The van der Waals surface area contributed by atoms with E-state index in [9.17, 15) is 13.2 Å². The second kappa shape index (κ2) is 6.56. The smallest absolute Gasteiger partial charge is 0.252 e. The lowest BCUT2D eigenvalue weighted by molar-refractivity contribution is -0.142. The van der Waals surface area contributed by atoms with Crippen molar-refractivity contribution in [2.75, 3.05) is 32.8 Å². The van der Waals surface area contributed by atoms with Crippen LogP contribution in [-0.2, 0) is 19.6 Å². The van der Waals surface area contributed by atoms with Crippen LogP contribution in [0.1, 0.15) is 12.8 Å². The first kappa shape index (κ1) is 16.4. The van der Waals surface area contributed by atoms with Gasteiger partial charge in [-0.15, -0.1) is 11.3 Å². The van der Waals surface area contributed by atoms with E-state index in [1.165, 1.54) is 15.6 Å². The average molecular weight is 409 g/mol. The van der Waals surface area contributed by atoms with Gasteiger partial charge >= 0.3 is 0 Å². The molecule has 0 spiro atoms. The lowest BCUT2D eigenvalue weighted by atomic mass is 10.2. The van der Waals surface area contributed by atoms with Crippen molar-refractivity contribution in [2.45, 2.75) is 23.2 Å². The lowest BCUT2D eigenvalue weighted by Crippen LogP contribution is -2.52. The molecule has 1 aromatic rings. The van der Waals surface area contributed by atoms with Gasteiger partial charge in [0.05, 0.1) is 3.79 Å². The first-order chi connectivity index (χ1) is 10.5. The predicted molar refractivity (Wildman–Crippen MR) is 86.3 cm³/mol. The molecule has 1 aromatic heterocycles. The molecule has 22 heavy (non-hydrogen) atoms. The van der Waals surface area contributed by atoms with Crippen LogP contribution in [0.4, 0.5) is 0 Å². The van der Waals surface area contributed by atoms with Crippen LogP contribution in [-0.4, -0.2) is 62.4 Å². The predicted octanol–water partition coefficient (Wildman–Crippen LogP) is 1.52. The van der Waals surface area contributed by atoms with Crippen molar-refractivity contribution in [2.24, 2.45) is 0 Å². The fraction of sp³-hybridized carbons (Fsp3) is 0.615. The first-order valence-electron chi connectivity index (χ1n) is 7.14. The zero-order valence-corrected chi connectivity index (χ0v) is 15.1. The SMILES string of the molecule is O=C(C1CCCO1)N1CCN(S(=O)(=O)c2ccc(Br)s2)CC1. The highest BCUT2D eigenvalue weighted by molar-refractivity contribution is 9.11. The molecule has 3 heterocycles. The van der Waals surface area contributed by atoms with Gasteiger partial charge in [0.15, 0.2) is 0 Å². The topological polar surface area (TPSA) is 66.9 Å². The van der Waals surface area contributed by atoms with Crippen LogP contribution in [0.3, 0.4) is 0 Å². The summed E-state index contributed by atoms with van der Waals surface area (Å²) < 4.78 is 33.0. The largest absolute Gasteiger partial charge is 0.368 e. The molecule has 3 rings (SSSR count). The Morgan fingerprint density at radius 2 is 2.00 bits per heavy atom. The number of thiophene rings is 1. The standard InChI is InChI=1S/C13H17BrN2O4S2/c14-11-3-4-12(21-11)22(18,19)16-7-5-15(6-8-16)13(17)10-2-1-9-20-10/h3-4,10H,1-2,5-9H2. The van der Waals surface area contributed by atoms with Gasteiger partial charge in [0.1, 0.15) is 10.3 Å². The van der Waals surface area contributed by atoms with E-state index in [1.807, 2.05) is 0 Å². The number of piperazine rings is 1. The van der Waals surface area contributed by atoms with Gasteiger partial charge in [0, 0.05) is 32.8 Å². The van der Waals surface area contributed by atoms with Crippen LogP contribution in [0.2, 0.25) is 0 Å². The second-order valence-electron chi connectivity index (χ2n) is 5.29. The summed E-state index contributed by atoms with van der Waals surface area (Å²) in [5, 5.41) is 0. The minimum Gasteiger partial charge on any atom is -0.368 e. The summed E-state index contributed by atoms with van der Waals surface area (Å²) in [6.45, 7) is 2.14. The van der Waals surface area contributed by atoms with E-state index < -0.39 is 10.0 Å². The van der Waals surface area contributed by atoms with E-state index in [0.717, 1.165) is 16.6 Å². The number of amides is 1. The molecule has 2 aliphatic heterocycles. The van der Waals surface area contributed by atoms with E-state index in [1.54, 1.807) is 17.0 Å². The fourth-order valence-electron chi connectivity index (χ4n) is 2.69. The van der Waals surface area contributed by atoms with Gasteiger partial charge in [-0.2, -0.15) is 4.31 Å². The van der Waals surface area contributed by atoms with Gasteiger partial charge in [-0.3, -0.25) is 4.79 Å². The molecular formula is C13H17BrN2O4S2. The third-order valence-electron chi connectivity index (χ3n) is 3.90. The molecule has 2 aliphatic rings. The molecule has 2 fully saturated rings. The number of rotatable bonds is 3. The maximum absolute atomic E-state index is 12.5. The number of carbonyl (C=O) groups excluding carboxylic acids is 1. The molecule has 6 nitrogen and oxygen atoms in total. The van der Waals surface area contributed by atoms with Crippen molar-refractivity contribution >= 4 is 43.2 Å². The minimum atomic E-state index is -3.46. The van der Waals surface area contributed by atoms with E-state index in [-0.39, 0.29) is 12.0 Å². The number of hydrogen-bond donors (Lipinski definition) is 0. The maximum Gasteiger partial charge on any atom is 0.252 e. The van der Waals surface area contributed by atoms with Gasteiger partial charge in [0.25, 0.3) is 15.9 Å². The molecular weight excluding hydrogens is 392 g/mol. The Balaban J connectivity index is 1.63. The molecule has 0 aromatic carbocycles. The normalized spacial score (nSPS) is 23.9. The Morgan fingerprint density at radius 1 is 1.27 bits per heavy atom. The van der Waals surface area contributed by atoms with E-state index in [4.69, 9.17) is 4.74 Å². The van der Waals surface area contributed by atoms with Gasteiger partial charge in [-0.25, -0.2) is 8.42 Å². The number of nitrogens with zero attached hydrogens (tertiary/aromatic N) is 2. The van der Waals surface area contributed by atoms with Crippen molar-refractivity contribution in [3.63, 3.8) is 0 Å². The minimum absolute atomic E-state index is 0.00610. The quantitative estimate of drug-likeness (QED) is 0.760. The van der Waals surface area contributed by atoms with Gasteiger partial charge in [-0.1, -0.05) is 0 Å². The number of hydrogen-bond acceptors (Lipinski definition) is 5. The van der Waals surface area contributed by atoms with Crippen LogP contribution >= 0.6 is 27.3 Å². The van der Waals surface area contributed by atoms with Crippen LogP contribution in [0, 0.1) is 0 Å². The molecule has 122 valence electrons. The first-order valence-corrected chi connectivity index (χ1v) is 10.2. The average Bonchev–Trinajstić information content (AvgIpc) is 3.18. The number of carbonyl (C=O) groups is 1. The van der Waals surface area contributed by atoms with E-state index in [2.05, 4.69) is 15.9 Å². The molecule has 1 atom stereocenters.